The Labute approximate surface area is 145 Å². The highest BCUT2D eigenvalue weighted by atomic mass is 19.1. The summed E-state index contributed by atoms with van der Waals surface area (Å²) in [7, 11) is 0. The second kappa shape index (κ2) is 7.00. The highest BCUT2D eigenvalue weighted by Crippen LogP contribution is 2.38. The lowest BCUT2D eigenvalue weighted by Crippen LogP contribution is -2.42. The number of hydrogen-bond donors (Lipinski definition) is 1. The molecule has 1 unspecified atom stereocenters. The molecule has 0 aromatic carbocycles. The van der Waals surface area contributed by atoms with Crippen LogP contribution < -0.4 is 5.32 Å². The average molecular weight is 345 g/mol. The van der Waals surface area contributed by atoms with E-state index >= 15 is 0 Å². The van der Waals surface area contributed by atoms with E-state index in [-0.39, 0.29) is 18.2 Å². The van der Waals surface area contributed by atoms with Crippen molar-refractivity contribution in [1.82, 2.24) is 19.9 Å². The van der Waals surface area contributed by atoms with Crippen LogP contribution in [-0.4, -0.2) is 39.0 Å². The molecule has 7 heteroatoms. The Bertz CT molecular complexity index is 730. The molecule has 3 heterocycles. The third-order valence-electron chi connectivity index (χ3n) is 4.81. The van der Waals surface area contributed by atoms with Gasteiger partial charge in [0.1, 0.15) is 23.3 Å². The van der Waals surface area contributed by atoms with Crippen LogP contribution in [0.4, 0.5) is 14.6 Å². The van der Waals surface area contributed by atoms with Crippen LogP contribution in [-0.2, 0) is 6.54 Å². The summed E-state index contributed by atoms with van der Waals surface area (Å²) in [6.45, 7) is 1.82. The molecule has 0 radical (unpaired) electrons. The molecule has 1 saturated carbocycles. The minimum absolute atomic E-state index is 0.0914. The standard InChI is InChI=1S/C18H21F2N5/c19-15-8-21-9-16(20)14(15)11-25-7-1-2-13(10-25)23-17-5-6-22-18(24-17)12-3-4-12/h5-6,8-9,12-13H,1-4,7,10-11H2,(H,22,23,24). The Kier molecular flexibility index (Phi) is 4.57. The molecule has 2 aromatic heterocycles. The zero-order chi connectivity index (χ0) is 17.2. The van der Waals surface area contributed by atoms with Crippen molar-refractivity contribution >= 4 is 5.82 Å². The fraction of sp³-hybridized carbons (Fsp3) is 0.500. The van der Waals surface area contributed by atoms with E-state index in [1.165, 1.54) is 12.8 Å². The number of hydrogen-bond acceptors (Lipinski definition) is 5. The predicted octanol–water partition coefficient (Wildman–Crippen LogP) is 3.10. The van der Waals surface area contributed by atoms with Crippen LogP contribution in [0.15, 0.2) is 24.7 Å². The van der Waals surface area contributed by atoms with Gasteiger partial charge in [-0.2, -0.15) is 0 Å². The van der Waals surface area contributed by atoms with Gasteiger partial charge in [-0.25, -0.2) is 18.7 Å². The summed E-state index contributed by atoms with van der Waals surface area (Å²) in [4.78, 5) is 14.5. The summed E-state index contributed by atoms with van der Waals surface area (Å²) in [6, 6.07) is 2.09. The Morgan fingerprint density at radius 1 is 1.16 bits per heavy atom. The van der Waals surface area contributed by atoms with E-state index in [1.807, 2.05) is 6.07 Å². The Morgan fingerprint density at radius 2 is 1.96 bits per heavy atom. The van der Waals surface area contributed by atoms with E-state index in [2.05, 4.69) is 25.2 Å². The van der Waals surface area contributed by atoms with Crippen LogP contribution >= 0.6 is 0 Å². The minimum Gasteiger partial charge on any atom is -0.366 e. The van der Waals surface area contributed by atoms with Crippen molar-refractivity contribution in [2.45, 2.75) is 44.2 Å². The van der Waals surface area contributed by atoms with E-state index in [9.17, 15) is 8.78 Å². The highest BCUT2D eigenvalue weighted by molar-refractivity contribution is 5.35. The van der Waals surface area contributed by atoms with E-state index in [4.69, 9.17) is 0 Å². The highest BCUT2D eigenvalue weighted by Gasteiger charge is 2.27. The largest absolute Gasteiger partial charge is 0.366 e. The zero-order valence-electron chi connectivity index (χ0n) is 14.0. The molecule has 0 amide bonds. The number of likely N-dealkylation sites (tertiary alicyclic amines) is 1. The summed E-state index contributed by atoms with van der Waals surface area (Å²) in [5, 5.41) is 3.46. The molecule has 2 aromatic rings. The number of anilines is 1. The number of rotatable bonds is 5. The first-order chi connectivity index (χ1) is 12.2. The van der Waals surface area contributed by atoms with Gasteiger partial charge in [0.25, 0.3) is 0 Å². The monoisotopic (exact) mass is 345 g/mol. The van der Waals surface area contributed by atoms with Crippen molar-refractivity contribution in [1.29, 1.82) is 0 Å². The third kappa shape index (κ3) is 3.92. The predicted molar refractivity (Wildman–Crippen MR) is 90.1 cm³/mol. The van der Waals surface area contributed by atoms with Gasteiger partial charge >= 0.3 is 0 Å². The third-order valence-corrected chi connectivity index (χ3v) is 4.81. The fourth-order valence-electron chi connectivity index (χ4n) is 3.33. The molecule has 1 atom stereocenters. The number of aromatic nitrogens is 3. The van der Waals surface area contributed by atoms with Crippen LogP contribution in [0.3, 0.4) is 0 Å². The number of piperidine rings is 1. The number of halogens is 2. The first-order valence-corrected chi connectivity index (χ1v) is 8.79. The fourth-order valence-corrected chi connectivity index (χ4v) is 3.33. The molecule has 5 nitrogen and oxygen atoms in total. The molecule has 1 aliphatic carbocycles. The van der Waals surface area contributed by atoms with E-state index in [0.717, 1.165) is 50.0 Å². The van der Waals surface area contributed by atoms with Crippen molar-refractivity contribution in [3.8, 4) is 0 Å². The molecule has 1 saturated heterocycles. The molecule has 1 aliphatic heterocycles. The van der Waals surface area contributed by atoms with Crippen molar-refractivity contribution in [3.63, 3.8) is 0 Å². The van der Waals surface area contributed by atoms with Crippen molar-refractivity contribution < 1.29 is 8.78 Å². The van der Waals surface area contributed by atoms with Gasteiger partial charge in [0.05, 0.1) is 12.4 Å². The van der Waals surface area contributed by atoms with Crippen molar-refractivity contribution in [2.24, 2.45) is 0 Å². The Hall–Kier alpha value is -2.15. The molecule has 132 valence electrons. The topological polar surface area (TPSA) is 53.9 Å². The molecule has 0 spiro atoms. The van der Waals surface area contributed by atoms with Gasteiger partial charge in [-0.1, -0.05) is 0 Å². The summed E-state index contributed by atoms with van der Waals surface area (Å²) in [5.41, 5.74) is 0.0914. The quantitative estimate of drug-likeness (QED) is 0.902. The summed E-state index contributed by atoms with van der Waals surface area (Å²) in [6.07, 6.45) is 8.27. The molecular weight excluding hydrogens is 324 g/mol. The van der Waals surface area contributed by atoms with Crippen LogP contribution in [0.5, 0.6) is 0 Å². The van der Waals surface area contributed by atoms with E-state index < -0.39 is 11.6 Å². The first kappa shape index (κ1) is 16.3. The van der Waals surface area contributed by atoms with Crippen LogP contribution in [0.1, 0.15) is 43.0 Å². The normalized spacial score (nSPS) is 21.3. The summed E-state index contributed by atoms with van der Waals surface area (Å²) >= 11 is 0. The summed E-state index contributed by atoms with van der Waals surface area (Å²) in [5.74, 6) is 1.10. The number of nitrogens with one attached hydrogen (secondary N) is 1. The van der Waals surface area contributed by atoms with Gasteiger partial charge in [-0.3, -0.25) is 9.88 Å². The SMILES string of the molecule is Fc1cncc(F)c1CN1CCCC(Nc2ccnc(C3CC3)n2)C1. The van der Waals surface area contributed by atoms with Crippen LogP contribution in [0, 0.1) is 11.6 Å². The lowest BCUT2D eigenvalue weighted by Gasteiger charge is -2.33. The Morgan fingerprint density at radius 3 is 2.72 bits per heavy atom. The molecule has 25 heavy (non-hydrogen) atoms. The lowest BCUT2D eigenvalue weighted by atomic mass is 10.0. The summed E-state index contributed by atoms with van der Waals surface area (Å²) < 4.78 is 27.6. The van der Waals surface area contributed by atoms with E-state index in [0.29, 0.717) is 5.92 Å². The molecule has 1 N–H and O–H groups in total. The van der Waals surface area contributed by atoms with Gasteiger partial charge in [0.2, 0.25) is 0 Å². The maximum Gasteiger partial charge on any atom is 0.148 e. The van der Waals surface area contributed by atoms with Crippen LogP contribution in [0.2, 0.25) is 0 Å². The molecule has 2 fully saturated rings. The van der Waals surface area contributed by atoms with Gasteiger partial charge in [0.15, 0.2) is 0 Å². The molecule has 4 rings (SSSR count). The van der Waals surface area contributed by atoms with Crippen molar-refractivity contribution in [3.05, 3.63) is 47.7 Å². The maximum atomic E-state index is 13.8. The zero-order valence-corrected chi connectivity index (χ0v) is 14.0. The average Bonchev–Trinajstić information content (AvgIpc) is 3.44. The number of pyridine rings is 1. The second-order valence-electron chi connectivity index (χ2n) is 6.87. The number of nitrogens with zero attached hydrogens (tertiary/aromatic N) is 4. The molecule has 2 aliphatic rings. The van der Waals surface area contributed by atoms with Gasteiger partial charge in [0, 0.05) is 36.8 Å². The smallest absolute Gasteiger partial charge is 0.148 e. The second-order valence-corrected chi connectivity index (χ2v) is 6.87. The minimum atomic E-state index is -0.583. The van der Waals surface area contributed by atoms with Crippen LogP contribution in [0.25, 0.3) is 0 Å². The van der Waals surface area contributed by atoms with Gasteiger partial charge in [-0.05, 0) is 38.3 Å². The Balaban J connectivity index is 1.40. The maximum absolute atomic E-state index is 13.8. The molecular formula is C18H21F2N5. The first-order valence-electron chi connectivity index (χ1n) is 8.79. The lowest BCUT2D eigenvalue weighted by molar-refractivity contribution is 0.203. The van der Waals surface area contributed by atoms with Gasteiger partial charge < -0.3 is 5.32 Å². The van der Waals surface area contributed by atoms with Crippen molar-refractivity contribution in [2.75, 3.05) is 18.4 Å². The molecule has 0 bridgehead atoms. The van der Waals surface area contributed by atoms with E-state index in [1.54, 1.807) is 6.20 Å². The van der Waals surface area contributed by atoms with Gasteiger partial charge in [-0.15, -0.1) is 0 Å².